The first-order valence-electron chi connectivity index (χ1n) is 6.58. The van der Waals surface area contributed by atoms with Gasteiger partial charge in [0.1, 0.15) is 0 Å². The number of rotatable bonds is 3. The summed E-state index contributed by atoms with van der Waals surface area (Å²) in [6.45, 7) is 3.39. The van der Waals surface area contributed by atoms with E-state index in [0.717, 1.165) is 35.2 Å². The van der Waals surface area contributed by atoms with E-state index in [4.69, 9.17) is 0 Å². The minimum atomic E-state index is -0.495. The Morgan fingerprint density at radius 3 is 2.95 bits per heavy atom. The first-order valence-corrected chi connectivity index (χ1v) is 7.37. The highest BCUT2D eigenvalue weighted by atomic mass is 79.9. The Morgan fingerprint density at radius 1 is 1.60 bits per heavy atom. The van der Waals surface area contributed by atoms with Crippen LogP contribution in [-0.2, 0) is 4.74 Å². The zero-order chi connectivity index (χ0) is 14.7. The smallest absolute Gasteiger partial charge is 0.407 e. The third kappa shape index (κ3) is 3.43. The fraction of sp³-hybridized carbons (Fsp3) is 0.500. The molecule has 0 aliphatic carbocycles. The Bertz CT molecular complexity index is 493. The number of anilines is 1. The van der Waals surface area contributed by atoms with Crippen LogP contribution >= 0.6 is 15.9 Å². The monoisotopic (exact) mass is 342 g/mol. The molecule has 1 heterocycles. The van der Waals surface area contributed by atoms with Gasteiger partial charge in [0.15, 0.2) is 0 Å². The summed E-state index contributed by atoms with van der Waals surface area (Å²) in [6.07, 6.45) is 0.0125. The van der Waals surface area contributed by atoms with Crippen LogP contribution in [0.5, 0.6) is 0 Å². The van der Waals surface area contributed by atoms with Crippen LogP contribution in [0.1, 0.15) is 25.0 Å². The van der Waals surface area contributed by atoms with Crippen molar-refractivity contribution in [3.05, 3.63) is 28.2 Å². The maximum Gasteiger partial charge on any atom is 0.407 e. The van der Waals surface area contributed by atoms with E-state index in [1.165, 1.54) is 7.11 Å². The van der Waals surface area contributed by atoms with Gasteiger partial charge < -0.3 is 20.1 Å². The number of hydrogen-bond acceptors (Lipinski definition) is 4. The van der Waals surface area contributed by atoms with Crippen molar-refractivity contribution in [1.29, 1.82) is 0 Å². The van der Waals surface area contributed by atoms with Crippen LogP contribution in [0.4, 0.5) is 10.5 Å². The van der Waals surface area contributed by atoms with Crippen molar-refractivity contribution in [3.63, 3.8) is 0 Å². The second-order valence-electron chi connectivity index (χ2n) is 4.95. The third-order valence-corrected chi connectivity index (χ3v) is 4.18. The summed E-state index contributed by atoms with van der Waals surface area (Å²) in [5.41, 5.74) is 1.95. The van der Waals surface area contributed by atoms with E-state index in [0.29, 0.717) is 0 Å². The van der Waals surface area contributed by atoms with E-state index < -0.39 is 6.10 Å². The molecule has 1 saturated heterocycles. The van der Waals surface area contributed by atoms with E-state index in [-0.39, 0.29) is 12.1 Å². The Hall–Kier alpha value is -1.27. The Kier molecular flexibility index (Phi) is 4.88. The van der Waals surface area contributed by atoms with Gasteiger partial charge in [-0.05, 0) is 31.0 Å². The van der Waals surface area contributed by atoms with Gasteiger partial charge in [-0.2, -0.15) is 0 Å². The van der Waals surface area contributed by atoms with Crippen molar-refractivity contribution in [2.75, 3.05) is 25.1 Å². The molecule has 2 atom stereocenters. The van der Waals surface area contributed by atoms with Gasteiger partial charge in [-0.1, -0.05) is 22.0 Å². The van der Waals surface area contributed by atoms with E-state index in [1.54, 1.807) is 6.92 Å². The lowest BCUT2D eigenvalue weighted by Gasteiger charge is -2.20. The quantitative estimate of drug-likeness (QED) is 0.885. The van der Waals surface area contributed by atoms with Gasteiger partial charge in [0.2, 0.25) is 0 Å². The van der Waals surface area contributed by atoms with Crippen LogP contribution < -0.4 is 10.2 Å². The Balaban J connectivity index is 2.03. The van der Waals surface area contributed by atoms with Gasteiger partial charge in [0.05, 0.1) is 19.3 Å². The van der Waals surface area contributed by atoms with Gasteiger partial charge in [0.25, 0.3) is 0 Å². The van der Waals surface area contributed by atoms with Gasteiger partial charge in [-0.3, -0.25) is 0 Å². The lowest BCUT2D eigenvalue weighted by molar-refractivity contribution is 0.167. The molecule has 0 radical (unpaired) electrons. The molecular formula is C14H19BrN2O3. The van der Waals surface area contributed by atoms with E-state index in [1.807, 2.05) is 18.2 Å². The molecule has 6 heteroatoms. The van der Waals surface area contributed by atoms with Crippen LogP contribution in [0.2, 0.25) is 0 Å². The number of halogens is 1. The molecule has 2 N–H and O–H groups in total. The Morgan fingerprint density at radius 2 is 2.35 bits per heavy atom. The van der Waals surface area contributed by atoms with E-state index in [9.17, 15) is 9.90 Å². The van der Waals surface area contributed by atoms with Crippen molar-refractivity contribution in [3.8, 4) is 0 Å². The molecular weight excluding hydrogens is 324 g/mol. The van der Waals surface area contributed by atoms with Crippen molar-refractivity contribution in [1.82, 2.24) is 5.32 Å². The van der Waals surface area contributed by atoms with E-state index in [2.05, 4.69) is 30.9 Å². The second kappa shape index (κ2) is 6.45. The predicted octanol–water partition coefficient (Wildman–Crippen LogP) is 2.44. The first kappa shape index (κ1) is 15.1. The molecule has 110 valence electrons. The number of alkyl carbamates (subject to hydrolysis) is 1. The molecule has 1 aliphatic rings. The van der Waals surface area contributed by atoms with Crippen LogP contribution in [0.25, 0.3) is 0 Å². The number of amides is 1. The number of aliphatic hydroxyl groups excluding tert-OH is 1. The van der Waals surface area contributed by atoms with E-state index >= 15 is 0 Å². The van der Waals surface area contributed by atoms with Gasteiger partial charge in [-0.25, -0.2) is 4.79 Å². The molecule has 0 bridgehead atoms. The number of hydrogen-bond donors (Lipinski definition) is 2. The summed E-state index contributed by atoms with van der Waals surface area (Å²) in [7, 11) is 1.37. The van der Waals surface area contributed by atoms with Crippen molar-refractivity contribution in [2.24, 2.45) is 0 Å². The second-order valence-corrected chi connectivity index (χ2v) is 5.80. The van der Waals surface area contributed by atoms with Gasteiger partial charge in [-0.15, -0.1) is 0 Å². The SMILES string of the molecule is COC(=O)NC1CCN(c2ccc([C@@H](C)O)c(Br)c2)C1. The lowest BCUT2D eigenvalue weighted by Crippen LogP contribution is -2.36. The summed E-state index contributed by atoms with van der Waals surface area (Å²) in [5, 5.41) is 12.4. The molecule has 0 aromatic heterocycles. The molecule has 0 spiro atoms. The number of nitrogens with one attached hydrogen (secondary N) is 1. The summed E-state index contributed by atoms with van der Waals surface area (Å²) in [4.78, 5) is 13.4. The number of nitrogens with zero attached hydrogens (tertiary/aromatic N) is 1. The van der Waals surface area contributed by atoms with Gasteiger partial charge >= 0.3 is 6.09 Å². The molecule has 20 heavy (non-hydrogen) atoms. The summed E-state index contributed by atoms with van der Waals surface area (Å²) in [6, 6.07) is 6.03. The minimum absolute atomic E-state index is 0.109. The summed E-state index contributed by atoms with van der Waals surface area (Å²) in [5.74, 6) is 0. The number of aliphatic hydroxyl groups is 1. The molecule has 1 unspecified atom stereocenters. The number of ether oxygens (including phenoxy) is 1. The topological polar surface area (TPSA) is 61.8 Å². The predicted molar refractivity (Wildman–Crippen MR) is 80.9 cm³/mol. The largest absolute Gasteiger partial charge is 0.453 e. The molecule has 1 aliphatic heterocycles. The molecule has 1 aromatic carbocycles. The molecule has 2 rings (SSSR count). The highest BCUT2D eigenvalue weighted by Gasteiger charge is 2.24. The van der Waals surface area contributed by atoms with Crippen LogP contribution in [0.3, 0.4) is 0 Å². The van der Waals surface area contributed by atoms with Crippen molar-refractivity contribution >= 4 is 27.7 Å². The number of carbonyl (C=O) groups excluding carboxylic acids is 1. The normalized spacial score (nSPS) is 19.8. The average Bonchev–Trinajstić information content (AvgIpc) is 2.86. The van der Waals surface area contributed by atoms with Crippen LogP contribution in [0.15, 0.2) is 22.7 Å². The number of carbonyl (C=O) groups is 1. The molecule has 1 fully saturated rings. The summed E-state index contributed by atoms with van der Waals surface area (Å²) >= 11 is 3.49. The maximum atomic E-state index is 11.2. The highest BCUT2D eigenvalue weighted by Crippen LogP contribution is 2.29. The average molecular weight is 343 g/mol. The first-order chi connectivity index (χ1) is 9.51. The number of benzene rings is 1. The number of methoxy groups -OCH3 is 1. The highest BCUT2D eigenvalue weighted by molar-refractivity contribution is 9.10. The van der Waals surface area contributed by atoms with Crippen molar-refractivity contribution in [2.45, 2.75) is 25.5 Å². The molecule has 1 amide bonds. The van der Waals surface area contributed by atoms with Crippen LogP contribution in [-0.4, -0.2) is 37.4 Å². The summed E-state index contributed by atoms with van der Waals surface area (Å²) < 4.78 is 5.51. The fourth-order valence-corrected chi connectivity index (χ4v) is 3.09. The zero-order valence-electron chi connectivity index (χ0n) is 11.6. The minimum Gasteiger partial charge on any atom is -0.453 e. The van der Waals surface area contributed by atoms with Gasteiger partial charge in [0, 0.05) is 23.2 Å². The fourth-order valence-electron chi connectivity index (χ4n) is 2.39. The van der Waals surface area contributed by atoms with Crippen molar-refractivity contribution < 1.29 is 14.6 Å². The molecule has 0 saturated carbocycles. The molecule has 5 nitrogen and oxygen atoms in total. The standard InChI is InChI=1S/C14H19BrN2O3/c1-9(18)12-4-3-11(7-13(12)15)17-6-5-10(8-17)16-14(19)20-2/h3-4,7,9-10,18H,5-6,8H2,1-2H3,(H,16,19)/t9-,10?/m1/s1. The Labute approximate surface area is 127 Å². The lowest BCUT2D eigenvalue weighted by atomic mass is 10.1. The zero-order valence-corrected chi connectivity index (χ0v) is 13.2. The van der Waals surface area contributed by atoms with Crippen LogP contribution in [0, 0.1) is 0 Å². The third-order valence-electron chi connectivity index (χ3n) is 3.49. The maximum absolute atomic E-state index is 11.2. The molecule has 1 aromatic rings.